The lowest BCUT2D eigenvalue weighted by molar-refractivity contribution is -0.137. The summed E-state index contributed by atoms with van der Waals surface area (Å²) in [6.07, 6.45) is 5.09. The second kappa shape index (κ2) is 7.63. The lowest BCUT2D eigenvalue weighted by Gasteiger charge is -2.28. The third-order valence-corrected chi connectivity index (χ3v) is 3.18. The van der Waals surface area contributed by atoms with Crippen molar-refractivity contribution in [2.45, 2.75) is 32.1 Å². The van der Waals surface area contributed by atoms with Crippen molar-refractivity contribution in [3.8, 4) is 0 Å². The van der Waals surface area contributed by atoms with Gasteiger partial charge in [0.1, 0.15) is 0 Å². The smallest absolute Gasteiger partial charge is 0.303 e. The van der Waals surface area contributed by atoms with Crippen LogP contribution < -0.4 is 0 Å². The zero-order valence-corrected chi connectivity index (χ0v) is 10.3. The number of likely N-dealkylation sites (tertiary alicyclic amines) is 1. The first kappa shape index (κ1) is 13.5. The second-order valence-electron chi connectivity index (χ2n) is 4.70. The number of nitrogens with zero attached hydrogens (tertiary/aromatic N) is 2. The van der Waals surface area contributed by atoms with Gasteiger partial charge in [0.15, 0.2) is 0 Å². The van der Waals surface area contributed by atoms with Gasteiger partial charge in [-0.25, -0.2) is 0 Å². The molecule has 0 amide bonds. The Labute approximate surface area is 98.2 Å². The molecular weight excluding hydrogens is 204 g/mol. The van der Waals surface area contributed by atoms with Gasteiger partial charge < -0.3 is 14.9 Å². The molecule has 0 aliphatic carbocycles. The van der Waals surface area contributed by atoms with Crippen LogP contribution in [0.25, 0.3) is 0 Å². The summed E-state index contributed by atoms with van der Waals surface area (Å²) in [6, 6.07) is 0. The number of aliphatic carboxylic acids is 1. The van der Waals surface area contributed by atoms with Gasteiger partial charge in [0.2, 0.25) is 0 Å². The molecule has 4 heteroatoms. The number of hydrogen-bond acceptors (Lipinski definition) is 3. The van der Waals surface area contributed by atoms with E-state index < -0.39 is 5.97 Å². The Morgan fingerprint density at radius 3 is 2.56 bits per heavy atom. The van der Waals surface area contributed by atoms with Gasteiger partial charge in [-0.3, -0.25) is 4.79 Å². The first-order valence-corrected chi connectivity index (χ1v) is 6.31. The fourth-order valence-corrected chi connectivity index (χ4v) is 2.11. The van der Waals surface area contributed by atoms with Crippen molar-refractivity contribution in [1.29, 1.82) is 0 Å². The van der Waals surface area contributed by atoms with Gasteiger partial charge in [-0.1, -0.05) is 6.42 Å². The van der Waals surface area contributed by atoms with Gasteiger partial charge in [0, 0.05) is 19.5 Å². The highest BCUT2D eigenvalue weighted by molar-refractivity contribution is 5.66. The predicted octanol–water partition coefficient (Wildman–Crippen LogP) is 1.27. The molecule has 4 nitrogen and oxygen atoms in total. The molecule has 94 valence electrons. The molecule has 0 aromatic carbocycles. The van der Waals surface area contributed by atoms with Crippen molar-refractivity contribution < 1.29 is 9.90 Å². The maximum absolute atomic E-state index is 10.4. The average molecular weight is 228 g/mol. The predicted molar refractivity (Wildman–Crippen MR) is 64.7 cm³/mol. The van der Waals surface area contributed by atoms with E-state index in [9.17, 15) is 4.79 Å². The minimum Gasteiger partial charge on any atom is -0.481 e. The van der Waals surface area contributed by atoms with Gasteiger partial charge in [-0.2, -0.15) is 0 Å². The molecular formula is C12H24N2O2. The molecule has 1 heterocycles. The van der Waals surface area contributed by atoms with E-state index >= 15 is 0 Å². The summed E-state index contributed by atoms with van der Waals surface area (Å²) in [4.78, 5) is 15.1. The van der Waals surface area contributed by atoms with E-state index in [2.05, 4.69) is 16.8 Å². The van der Waals surface area contributed by atoms with E-state index in [1.165, 1.54) is 32.4 Å². The van der Waals surface area contributed by atoms with Gasteiger partial charge >= 0.3 is 5.97 Å². The first-order chi connectivity index (χ1) is 7.68. The number of likely N-dealkylation sites (N-methyl/N-ethyl adjacent to an activating group) is 1. The van der Waals surface area contributed by atoms with Crippen molar-refractivity contribution in [3.05, 3.63) is 0 Å². The largest absolute Gasteiger partial charge is 0.481 e. The molecule has 0 radical (unpaired) electrons. The molecule has 0 aromatic heterocycles. The highest BCUT2D eigenvalue weighted by atomic mass is 16.4. The zero-order chi connectivity index (χ0) is 11.8. The van der Waals surface area contributed by atoms with Crippen molar-refractivity contribution in [2.75, 3.05) is 39.8 Å². The Kier molecular flexibility index (Phi) is 6.42. The van der Waals surface area contributed by atoms with Gasteiger partial charge in [-0.05, 0) is 45.9 Å². The Morgan fingerprint density at radius 1 is 1.25 bits per heavy atom. The lowest BCUT2D eigenvalue weighted by atomic mass is 10.1. The topological polar surface area (TPSA) is 43.8 Å². The highest BCUT2D eigenvalue weighted by Crippen LogP contribution is 2.07. The summed E-state index contributed by atoms with van der Waals surface area (Å²) in [5, 5.41) is 8.53. The summed E-state index contributed by atoms with van der Waals surface area (Å²) >= 11 is 0. The number of carboxylic acid groups (broad SMARTS) is 1. The van der Waals surface area contributed by atoms with Crippen molar-refractivity contribution in [2.24, 2.45) is 0 Å². The van der Waals surface area contributed by atoms with Crippen LogP contribution in [0, 0.1) is 0 Å². The Hall–Kier alpha value is -0.610. The molecule has 0 aromatic rings. The van der Waals surface area contributed by atoms with Gasteiger partial charge in [0.05, 0.1) is 0 Å². The summed E-state index contributed by atoms with van der Waals surface area (Å²) in [5.41, 5.74) is 0. The van der Waals surface area contributed by atoms with Crippen LogP contribution in [0.2, 0.25) is 0 Å². The van der Waals surface area contributed by atoms with Crippen LogP contribution in [0.15, 0.2) is 0 Å². The molecule has 16 heavy (non-hydrogen) atoms. The van der Waals surface area contributed by atoms with Crippen molar-refractivity contribution >= 4 is 5.97 Å². The normalized spacial score (nSPS) is 17.9. The number of carboxylic acids is 1. The van der Waals surface area contributed by atoms with E-state index in [0.29, 0.717) is 0 Å². The lowest BCUT2D eigenvalue weighted by Crippen LogP contribution is -2.36. The number of rotatable bonds is 7. The molecule has 1 N–H and O–H groups in total. The fraction of sp³-hybridized carbons (Fsp3) is 0.917. The summed E-state index contributed by atoms with van der Waals surface area (Å²) < 4.78 is 0. The summed E-state index contributed by atoms with van der Waals surface area (Å²) in [6.45, 7) is 5.55. The third kappa shape index (κ3) is 6.08. The van der Waals surface area contributed by atoms with E-state index in [0.717, 1.165) is 26.1 Å². The number of carbonyl (C=O) groups is 1. The summed E-state index contributed by atoms with van der Waals surface area (Å²) in [7, 11) is 2.08. The van der Waals surface area contributed by atoms with Crippen LogP contribution in [0.3, 0.4) is 0 Å². The molecule has 0 atom stereocenters. The second-order valence-corrected chi connectivity index (χ2v) is 4.70. The van der Waals surface area contributed by atoms with Crippen LogP contribution in [-0.2, 0) is 4.79 Å². The van der Waals surface area contributed by atoms with Crippen LogP contribution >= 0.6 is 0 Å². The number of piperidine rings is 1. The standard InChI is InChI=1S/C12H24N2O2/c1-13(7-5-6-12(15)16)10-11-14-8-3-2-4-9-14/h2-11H2,1H3,(H,15,16). The van der Waals surface area contributed by atoms with Gasteiger partial charge in [-0.15, -0.1) is 0 Å². The van der Waals surface area contributed by atoms with E-state index in [1.807, 2.05) is 0 Å². The quantitative estimate of drug-likeness (QED) is 0.712. The van der Waals surface area contributed by atoms with Crippen molar-refractivity contribution in [3.63, 3.8) is 0 Å². The maximum Gasteiger partial charge on any atom is 0.303 e. The molecule has 0 spiro atoms. The molecule has 1 aliphatic rings. The molecule has 0 unspecified atom stereocenters. The van der Waals surface area contributed by atoms with E-state index in [1.54, 1.807) is 0 Å². The van der Waals surface area contributed by atoms with Crippen LogP contribution in [0.1, 0.15) is 32.1 Å². The molecule has 1 rings (SSSR count). The zero-order valence-electron chi connectivity index (χ0n) is 10.3. The Balaban J connectivity index is 2.00. The molecule has 1 saturated heterocycles. The maximum atomic E-state index is 10.4. The summed E-state index contributed by atoms with van der Waals surface area (Å²) in [5.74, 6) is -0.690. The van der Waals surface area contributed by atoms with E-state index in [-0.39, 0.29) is 6.42 Å². The van der Waals surface area contributed by atoms with Crippen LogP contribution in [-0.4, -0.2) is 60.6 Å². The molecule has 0 saturated carbocycles. The van der Waals surface area contributed by atoms with E-state index in [4.69, 9.17) is 5.11 Å². The average Bonchev–Trinajstić information content (AvgIpc) is 2.27. The Morgan fingerprint density at radius 2 is 1.94 bits per heavy atom. The fourth-order valence-electron chi connectivity index (χ4n) is 2.11. The Bertz CT molecular complexity index is 203. The minimum atomic E-state index is -0.690. The minimum absolute atomic E-state index is 0.286. The third-order valence-electron chi connectivity index (χ3n) is 3.18. The molecule has 1 aliphatic heterocycles. The van der Waals surface area contributed by atoms with Crippen molar-refractivity contribution in [1.82, 2.24) is 9.80 Å². The molecule has 1 fully saturated rings. The SMILES string of the molecule is CN(CCCC(=O)O)CCN1CCCCC1. The highest BCUT2D eigenvalue weighted by Gasteiger charge is 2.10. The first-order valence-electron chi connectivity index (χ1n) is 6.31. The molecule has 0 bridgehead atoms. The number of hydrogen-bond donors (Lipinski definition) is 1. The van der Waals surface area contributed by atoms with Gasteiger partial charge in [0.25, 0.3) is 0 Å². The van der Waals surface area contributed by atoms with Crippen LogP contribution in [0.4, 0.5) is 0 Å². The monoisotopic (exact) mass is 228 g/mol. The van der Waals surface area contributed by atoms with Crippen LogP contribution in [0.5, 0.6) is 0 Å².